The lowest BCUT2D eigenvalue weighted by molar-refractivity contribution is 0.122. The molecule has 6 aromatic rings. The predicted octanol–water partition coefficient (Wildman–Crippen LogP) is 5.39. The van der Waals surface area contributed by atoms with Crippen LogP contribution in [0.2, 0.25) is 0 Å². The molecule has 1 aliphatic heterocycles. The molecule has 0 spiro atoms. The Labute approximate surface area is 228 Å². The average molecular weight is 536 g/mol. The van der Waals surface area contributed by atoms with E-state index in [2.05, 4.69) is 55.1 Å². The number of hydrogen-bond donors (Lipinski definition) is 2. The quantitative estimate of drug-likeness (QED) is 0.281. The maximum atomic E-state index is 5.48. The molecule has 1 fully saturated rings. The number of aromatic nitrogens is 6. The Kier molecular flexibility index (Phi) is 6.11. The lowest BCUT2D eigenvalue weighted by Gasteiger charge is -2.28. The number of fused-ring (bicyclic) bond motifs is 1. The van der Waals surface area contributed by atoms with Crippen LogP contribution >= 0.6 is 11.3 Å². The number of rotatable bonds is 7. The molecule has 0 bridgehead atoms. The monoisotopic (exact) mass is 535 g/mol. The lowest BCUT2D eigenvalue weighted by atomic mass is 10.2. The fraction of sp³-hybridized carbons (Fsp3) is 0.143. The van der Waals surface area contributed by atoms with Gasteiger partial charge >= 0.3 is 0 Å². The van der Waals surface area contributed by atoms with Crippen LogP contribution in [0.25, 0.3) is 22.5 Å². The number of hydrogen-bond acceptors (Lipinski definition) is 9. The molecule has 39 heavy (non-hydrogen) atoms. The number of ether oxygens (including phenoxy) is 1. The summed E-state index contributed by atoms with van der Waals surface area (Å²) < 4.78 is 9.42. The first-order valence-corrected chi connectivity index (χ1v) is 13.6. The normalized spacial score (nSPS) is 13.6. The Morgan fingerprint density at radius 3 is 2.28 bits per heavy atom. The van der Waals surface area contributed by atoms with Crippen LogP contribution in [-0.4, -0.2) is 55.4 Å². The summed E-state index contributed by atoms with van der Waals surface area (Å²) in [6, 6.07) is 18.5. The number of thiophene rings is 1. The fourth-order valence-corrected chi connectivity index (χ4v) is 5.23. The van der Waals surface area contributed by atoms with Crippen molar-refractivity contribution in [2.45, 2.75) is 0 Å². The number of nitrogens with zero attached hydrogens (tertiary/aromatic N) is 7. The Balaban J connectivity index is 1.21. The summed E-state index contributed by atoms with van der Waals surface area (Å²) in [4.78, 5) is 20.8. The third kappa shape index (κ3) is 4.80. The minimum Gasteiger partial charge on any atom is -0.378 e. The summed E-state index contributed by atoms with van der Waals surface area (Å²) in [5.74, 6) is 1.10. The Morgan fingerprint density at radius 1 is 0.795 bits per heavy atom. The summed E-state index contributed by atoms with van der Waals surface area (Å²) >= 11 is 1.63. The van der Waals surface area contributed by atoms with Crippen molar-refractivity contribution in [3.63, 3.8) is 0 Å². The Bertz CT molecular complexity index is 1670. The van der Waals surface area contributed by atoms with Crippen LogP contribution in [0, 0.1) is 0 Å². The van der Waals surface area contributed by atoms with Crippen molar-refractivity contribution in [2.75, 3.05) is 41.8 Å². The molecule has 2 N–H and O–H groups in total. The van der Waals surface area contributed by atoms with Gasteiger partial charge in [-0.1, -0.05) is 0 Å². The highest BCUT2D eigenvalue weighted by atomic mass is 32.1. The molecular weight excluding hydrogens is 510 g/mol. The van der Waals surface area contributed by atoms with Crippen molar-refractivity contribution in [2.24, 2.45) is 0 Å². The molecule has 0 atom stereocenters. The zero-order valence-corrected chi connectivity index (χ0v) is 21.8. The molecule has 0 aliphatic carbocycles. The number of nitrogens with one attached hydrogen (secondary N) is 2. The van der Waals surface area contributed by atoms with E-state index in [1.807, 2.05) is 51.0 Å². The standard InChI is InChI=1S/C28H25N9OS/c1-5-22(35-12-14-38-15-13-35)6-2-20(1)31-26-25-27(37(19-30-25)24-9-16-39-17-24)34-28(33-26)32-21-3-7-23(8-4-21)36-11-10-29-18-36/h1-11,16-19H,12-15H2,(H2,31,32,33,34). The summed E-state index contributed by atoms with van der Waals surface area (Å²) in [7, 11) is 0. The molecule has 7 rings (SSSR count). The van der Waals surface area contributed by atoms with Gasteiger partial charge in [-0.15, -0.1) is 0 Å². The topological polar surface area (TPSA) is 98.0 Å². The average Bonchev–Trinajstić information content (AvgIpc) is 3.77. The maximum absolute atomic E-state index is 5.48. The van der Waals surface area contributed by atoms with Gasteiger partial charge in [0.05, 0.1) is 25.2 Å². The third-order valence-electron chi connectivity index (χ3n) is 6.61. The molecule has 5 heterocycles. The molecule has 194 valence electrons. The van der Waals surface area contributed by atoms with E-state index in [0.29, 0.717) is 22.9 Å². The van der Waals surface area contributed by atoms with Gasteiger partial charge in [0, 0.05) is 53.6 Å². The van der Waals surface area contributed by atoms with Gasteiger partial charge in [-0.2, -0.15) is 21.3 Å². The smallest absolute Gasteiger partial charge is 0.231 e. The number of benzene rings is 2. The number of morpholine rings is 1. The van der Waals surface area contributed by atoms with Crippen molar-refractivity contribution < 1.29 is 4.74 Å². The van der Waals surface area contributed by atoms with Crippen molar-refractivity contribution in [1.29, 1.82) is 0 Å². The molecule has 0 radical (unpaired) electrons. The Morgan fingerprint density at radius 2 is 1.56 bits per heavy atom. The van der Waals surface area contributed by atoms with Crippen LogP contribution in [0.5, 0.6) is 0 Å². The van der Waals surface area contributed by atoms with E-state index in [1.54, 1.807) is 30.2 Å². The molecule has 2 aromatic carbocycles. The summed E-state index contributed by atoms with van der Waals surface area (Å²) in [6.45, 7) is 3.32. The van der Waals surface area contributed by atoms with Crippen LogP contribution in [0.1, 0.15) is 0 Å². The summed E-state index contributed by atoms with van der Waals surface area (Å²) in [5.41, 5.74) is 6.42. The van der Waals surface area contributed by atoms with Crippen LogP contribution in [0.4, 0.5) is 28.8 Å². The third-order valence-corrected chi connectivity index (χ3v) is 7.28. The van der Waals surface area contributed by atoms with E-state index in [4.69, 9.17) is 14.7 Å². The van der Waals surface area contributed by atoms with E-state index in [-0.39, 0.29) is 0 Å². The molecule has 11 heteroatoms. The van der Waals surface area contributed by atoms with Crippen LogP contribution in [0.15, 0.2) is 90.4 Å². The maximum Gasteiger partial charge on any atom is 0.231 e. The van der Waals surface area contributed by atoms with Gasteiger partial charge < -0.3 is 24.8 Å². The van der Waals surface area contributed by atoms with Crippen molar-refractivity contribution in [3.8, 4) is 11.4 Å². The summed E-state index contributed by atoms with van der Waals surface area (Å²) in [6.07, 6.45) is 7.24. The van der Waals surface area contributed by atoms with Gasteiger partial charge in [0.1, 0.15) is 6.33 Å². The first-order chi connectivity index (χ1) is 19.3. The van der Waals surface area contributed by atoms with E-state index in [1.165, 1.54) is 5.69 Å². The minimum absolute atomic E-state index is 0.474. The first-order valence-electron chi connectivity index (χ1n) is 12.6. The molecule has 10 nitrogen and oxygen atoms in total. The first kappa shape index (κ1) is 23.4. The van der Waals surface area contributed by atoms with Gasteiger partial charge in [-0.05, 0) is 60.0 Å². The van der Waals surface area contributed by atoms with Gasteiger partial charge in [-0.25, -0.2) is 9.97 Å². The zero-order chi connectivity index (χ0) is 26.0. The highest BCUT2D eigenvalue weighted by Crippen LogP contribution is 2.29. The lowest BCUT2D eigenvalue weighted by Crippen LogP contribution is -2.36. The second-order valence-corrected chi connectivity index (χ2v) is 9.86. The molecule has 1 saturated heterocycles. The van der Waals surface area contributed by atoms with Crippen molar-refractivity contribution >= 4 is 51.3 Å². The predicted molar refractivity (Wildman–Crippen MR) is 154 cm³/mol. The molecule has 1 aliphatic rings. The van der Waals surface area contributed by atoms with Gasteiger partial charge in [0.2, 0.25) is 5.95 Å². The van der Waals surface area contributed by atoms with Crippen molar-refractivity contribution in [3.05, 3.63) is 90.4 Å². The number of anilines is 5. The van der Waals surface area contributed by atoms with Gasteiger partial charge in [0.25, 0.3) is 0 Å². The zero-order valence-electron chi connectivity index (χ0n) is 20.9. The second kappa shape index (κ2) is 10.2. The Hall–Kier alpha value is -4.74. The highest BCUT2D eigenvalue weighted by molar-refractivity contribution is 7.08. The largest absolute Gasteiger partial charge is 0.378 e. The molecule has 4 aromatic heterocycles. The fourth-order valence-electron chi connectivity index (χ4n) is 4.60. The van der Waals surface area contributed by atoms with E-state index >= 15 is 0 Å². The minimum atomic E-state index is 0.474. The molecule has 0 amide bonds. The SMILES string of the molecule is c1cn(-c2ccc(Nc3nc(Nc4ccc(N5CCOCC5)cc4)c4ncn(-c5ccsc5)c4n3)cc2)cn1. The molecule has 0 saturated carbocycles. The molecular formula is C28H25N9OS. The van der Waals surface area contributed by atoms with Gasteiger partial charge in [0.15, 0.2) is 17.0 Å². The highest BCUT2D eigenvalue weighted by Gasteiger charge is 2.16. The van der Waals surface area contributed by atoms with Crippen molar-refractivity contribution in [1.82, 2.24) is 29.1 Å². The van der Waals surface area contributed by atoms with E-state index in [9.17, 15) is 0 Å². The van der Waals surface area contributed by atoms with E-state index < -0.39 is 0 Å². The summed E-state index contributed by atoms with van der Waals surface area (Å²) in [5, 5.41) is 10.9. The van der Waals surface area contributed by atoms with E-state index in [0.717, 1.165) is 49.1 Å². The molecule has 0 unspecified atom stereocenters. The second-order valence-electron chi connectivity index (χ2n) is 9.08. The number of imidazole rings is 2. The van der Waals surface area contributed by atoms with Crippen LogP contribution in [-0.2, 0) is 4.74 Å². The van der Waals surface area contributed by atoms with Crippen LogP contribution in [0.3, 0.4) is 0 Å². The van der Waals surface area contributed by atoms with Gasteiger partial charge in [-0.3, -0.25) is 4.57 Å². The van der Waals surface area contributed by atoms with Crippen LogP contribution < -0.4 is 15.5 Å².